The number of aliphatic carboxylic acids is 1. The number of likely N-dealkylation sites (tertiary alicyclic amines) is 1. The van der Waals surface area contributed by atoms with Crippen LogP contribution in [0.3, 0.4) is 0 Å². The quantitative estimate of drug-likeness (QED) is 0.828. The van der Waals surface area contributed by atoms with Gasteiger partial charge in [0.15, 0.2) is 0 Å². The monoisotopic (exact) mass is 276 g/mol. The Morgan fingerprint density at radius 2 is 2.15 bits per heavy atom. The van der Waals surface area contributed by atoms with Gasteiger partial charge in [-0.2, -0.15) is 0 Å². The number of anilines is 1. The molecule has 1 saturated heterocycles. The van der Waals surface area contributed by atoms with Crippen molar-refractivity contribution in [2.24, 2.45) is 5.92 Å². The summed E-state index contributed by atoms with van der Waals surface area (Å²) in [5, 5.41) is 11.5. The number of rotatable bonds is 6. The number of nitrogens with one attached hydrogen (secondary N) is 1. The topological polar surface area (TPSA) is 69.6 Å². The molecule has 20 heavy (non-hydrogen) atoms. The molecule has 0 radical (unpaired) electrons. The lowest BCUT2D eigenvalue weighted by Crippen LogP contribution is -2.50. The maximum atomic E-state index is 11.9. The third-order valence-electron chi connectivity index (χ3n) is 3.48. The molecule has 0 atom stereocenters. The molecule has 0 saturated carbocycles. The lowest BCUT2D eigenvalue weighted by molar-refractivity contribution is -0.139. The van der Waals surface area contributed by atoms with Crippen LogP contribution in [0.1, 0.15) is 18.9 Å². The molecule has 1 aromatic carbocycles. The maximum absolute atomic E-state index is 11.9. The molecule has 0 spiro atoms. The molecule has 0 aliphatic carbocycles. The molecule has 108 valence electrons. The van der Waals surface area contributed by atoms with Crippen molar-refractivity contribution < 1.29 is 14.7 Å². The highest BCUT2D eigenvalue weighted by Crippen LogP contribution is 2.18. The van der Waals surface area contributed by atoms with Gasteiger partial charge in [-0.3, -0.25) is 14.5 Å². The number of carbonyl (C=O) groups is 2. The zero-order valence-electron chi connectivity index (χ0n) is 11.6. The third kappa shape index (κ3) is 4.06. The van der Waals surface area contributed by atoms with Crippen LogP contribution in [0.4, 0.5) is 5.69 Å². The van der Waals surface area contributed by atoms with Crippen LogP contribution in [0.5, 0.6) is 0 Å². The van der Waals surface area contributed by atoms with E-state index in [1.165, 1.54) is 5.56 Å². The number of carbonyl (C=O) groups excluding carboxylic acids is 1. The van der Waals surface area contributed by atoms with E-state index in [0.717, 1.165) is 12.1 Å². The second-order valence-electron chi connectivity index (χ2n) is 5.26. The fraction of sp³-hybridized carbons (Fsp3) is 0.467. The average molecular weight is 276 g/mol. The Morgan fingerprint density at radius 1 is 1.40 bits per heavy atom. The largest absolute Gasteiger partial charge is 0.481 e. The Kier molecular flexibility index (Phi) is 4.74. The van der Waals surface area contributed by atoms with Crippen molar-refractivity contribution in [2.75, 3.05) is 25.0 Å². The van der Waals surface area contributed by atoms with Crippen LogP contribution >= 0.6 is 0 Å². The van der Waals surface area contributed by atoms with Gasteiger partial charge in [0.1, 0.15) is 0 Å². The fourth-order valence-electron chi connectivity index (χ4n) is 2.45. The van der Waals surface area contributed by atoms with Crippen LogP contribution in [-0.2, 0) is 16.0 Å². The molecule has 1 aliphatic heterocycles. The van der Waals surface area contributed by atoms with Crippen LogP contribution in [0.2, 0.25) is 0 Å². The molecule has 5 heteroatoms. The van der Waals surface area contributed by atoms with Crippen LogP contribution in [0.15, 0.2) is 24.3 Å². The highest BCUT2D eigenvalue weighted by Gasteiger charge is 2.29. The minimum absolute atomic E-state index is 0.0490. The first-order valence-electron chi connectivity index (χ1n) is 6.89. The SMILES string of the molecule is CCc1cccc(NC(=O)CN2CC(CC(=O)O)C2)c1. The minimum Gasteiger partial charge on any atom is -0.481 e. The number of hydrogen-bond acceptors (Lipinski definition) is 3. The minimum atomic E-state index is -0.768. The van der Waals surface area contributed by atoms with Gasteiger partial charge in [-0.1, -0.05) is 19.1 Å². The average Bonchev–Trinajstić information content (AvgIpc) is 2.36. The molecule has 1 fully saturated rings. The molecule has 1 aromatic rings. The smallest absolute Gasteiger partial charge is 0.303 e. The predicted molar refractivity (Wildman–Crippen MR) is 76.6 cm³/mol. The number of amides is 1. The summed E-state index contributed by atoms with van der Waals surface area (Å²) in [4.78, 5) is 24.4. The Hall–Kier alpha value is -1.88. The summed E-state index contributed by atoms with van der Waals surface area (Å²) in [6, 6.07) is 7.81. The van der Waals surface area contributed by atoms with Gasteiger partial charge in [-0.25, -0.2) is 0 Å². The molecule has 1 amide bonds. The lowest BCUT2D eigenvalue weighted by atomic mass is 9.96. The Labute approximate surface area is 118 Å². The normalized spacial score (nSPS) is 15.7. The second-order valence-corrected chi connectivity index (χ2v) is 5.26. The van der Waals surface area contributed by atoms with Gasteiger partial charge in [0.05, 0.1) is 13.0 Å². The van der Waals surface area contributed by atoms with Gasteiger partial charge in [0.2, 0.25) is 5.91 Å². The number of benzene rings is 1. The summed E-state index contributed by atoms with van der Waals surface area (Å²) < 4.78 is 0. The van der Waals surface area contributed by atoms with Crippen molar-refractivity contribution in [1.82, 2.24) is 4.90 Å². The van der Waals surface area contributed by atoms with Crippen LogP contribution in [0.25, 0.3) is 0 Å². The molecule has 2 rings (SSSR count). The zero-order valence-corrected chi connectivity index (χ0v) is 11.6. The van der Waals surface area contributed by atoms with E-state index in [0.29, 0.717) is 19.6 Å². The van der Waals surface area contributed by atoms with Crippen molar-refractivity contribution in [3.63, 3.8) is 0 Å². The van der Waals surface area contributed by atoms with E-state index in [2.05, 4.69) is 12.2 Å². The Bertz CT molecular complexity index is 496. The van der Waals surface area contributed by atoms with Gasteiger partial charge < -0.3 is 10.4 Å². The summed E-state index contributed by atoms with van der Waals surface area (Å²) in [7, 11) is 0. The first kappa shape index (κ1) is 14.5. The molecule has 0 aromatic heterocycles. The number of nitrogens with zero attached hydrogens (tertiary/aromatic N) is 1. The van der Waals surface area contributed by atoms with Crippen molar-refractivity contribution >= 4 is 17.6 Å². The van der Waals surface area contributed by atoms with Gasteiger partial charge >= 0.3 is 5.97 Å². The van der Waals surface area contributed by atoms with Gasteiger partial charge in [-0.05, 0) is 30.0 Å². The number of carboxylic acids is 1. The molecule has 1 aliphatic rings. The Balaban J connectivity index is 1.75. The molecule has 1 heterocycles. The third-order valence-corrected chi connectivity index (χ3v) is 3.48. The summed E-state index contributed by atoms with van der Waals surface area (Å²) in [6.07, 6.45) is 1.13. The van der Waals surface area contributed by atoms with Crippen molar-refractivity contribution in [3.05, 3.63) is 29.8 Å². The van der Waals surface area contributed by atoms with Crippen molar-refractivity contribution in [1.29, 1.82) is 0 Å². The lowest BCUT2D eigenvalue weighted by Gasteiger charge is -2.37. The highest BCUT2D eigenvalue weighted by atomic mass is 16.4. The van der Waals surface area contributed by atoms with E-state index in [4.69, 9.17) is 5.11 Å². The standard InChI is InChI=1S/C15H20N2O3/c1-2-11-4-3-5-13(6-11)16-14(18)10-17-8-12(9-17)7-15(19)20/h3-6,12H,2,7-10H2,1H3,(H,16,18)(H,19,20). The number of hydrogen-bond donors (Lipinski definition) is 2. The summed E-state index contributed by atoms with van der Waals surface area (Å²) in [5.41, 5.74) is 2.00. The summed E-state index contributed by atoms with van der Waals surface area (Å²) >= 11 is 0. The Morgan fingerprint density at radius 3 is 2.80 bits per heavy atom. The van der Waals surface area contributed by atoms with Crippen LogP contribution < -0.4 is 5.32 Å². The molecular formula is C15H20N2O3. The molecule has 0 bridgehead atoms. The first-order valence-corrected chi connectivity index (χ1v) is 6.89. The molecule has 0 unspecified atom stereocenters. The van der Waals surface area contributed by atoms with E-state index < -0.39 is 5.97 Å². The van der Waals surface area contributed by atoms with Gasteiger partial charge in [0, 0.05) is 18.8 Å². The first-order chi connectivity index (χ1) is 9.56. The van der Waals surface area contributed by atoms with Gasteiger partial charge in [0.25, 0.3) is 0 Å². The van der Waals surface area contributed by atoms with Gasteiger partial charge in [-0.15, -0.1) is 0 Å². The van der Waals surface area contributed by atoms with E-state index in [-0.39, 0.29) is 18.2 Å². The van der Waals surface area contributed by atoms with E-state index in [1.54, 1.807) is 0 Å². The fourth-order valence-corrected chi connectivity index (χ4v) is 2.45. The molecule has 5 nitrogen and oxygen atoms in total. The highest BCUT2D eigenvalue weighted by molar-refractivity contribution is 5.92. The van der Waals surface area contributed by atoms with E-state index >= 15 is 0 Å². The zero-order chi connectivity index (χ0) is 14.5. The van der Waals surface area contributed by atoms with Crippen LogP contribution in [-0.4, -0.2) is 41.5 Å². The molecular weight excluding hydrogens is 256 g/mol. The van der Waals surface area contributed by atoms with Crippen molar-refractivity contribution in [2.45, 2.75) is 19.8 Å². The number of aryl methyl sites for hydroxylation is 1. The van der Waals surface area contributed by atoms with E-state index in [1.807, 2.05) is 29.2 Å². The summed E-state index contributed by atoms with van der Waals surface area (Å²) in [5.74, 6) is -0.633. The number of carboxylic acid groups (broad SMARTS) is 1. The van der Waals surface area contributed by atoms with Crippen LogP contribution in [0, 0.1) is 5.92 Å². The second kappa shape index (κ2) is 6.52. The maximum Gasteiger partial charge on any atom is 0.303 e. The summed E-state index contributed by atoms with van der Waals surface area (Å²) in [6.45, 7) is 3.78. The molecule has 2 N–H and O–H groups in total. The predicted octanol–water partition coefficient (Wildman–Crippen LogP) is 1.59. The van der Waals surface area contributed by atoms with Crippen molar-refractivity contribution in [3.8, 4) is 0 Å². The van der Waals surface area contributed by atoms with E-state index in [9.17, 15) is 9.59 Å².